The molecule has 0 aliphatic carbocycles. The minimum atomic E-state index is 0.680. The normalized spacial score (nSPS) is 16.2. The van der Waals surface area contributed by atoms with E-state index in [-0.39, 0.29) is 0 Å². The van der Waals surface area contributed by atoms with Gasteiger partial charge in [0.15, 0.2) is 0 Å². The Balaban J connectivity index is 1.60. The molecule has 0 unspecified atom stereocenters. The number of anilines is 1. The molecule has 0 atom stereocenters. The molecule has 0 saturated carbocycles. The zero-order valence-corrected chi connectivity index (χ0v) is 15.1. The van der Waals surface area contributed by atoms with Gasteiger partial charge in [0.2, 0.25) is 0 Å². The van der Waals surface area contributed by atoms with Crippen LogP contribution in [-0.4, -0.2) is 30.6 Å². The third-order valence-electron chi connectivity index (χ3n) is 5.08. The van der Waals surface area contributed by atoms with Crippen molar-refractivity contribution in [2.75, 3.05) is 24.5 Å². The molecule has 3 rings (SSSR count). The predicted molar refractivity (Wildman–Crippen MR) is 104 cm³/mol. The highest BCUT2D eigenvalue weighted by Gasteiger charge is 2.24. The molecule has 0 N–H and O–H groups in total. The van der Waals surface area contributed by atoms with E-state index in [1.165, 1.54) is 49.2 Å². The summed E-state index contributed by atoms with van der Waals surface area (Å²) in [7, 11) is 0. The molecule has 1 fully saturated rings. The van der Waals surface area contributed by atoms with E-state index in [0.717, 1.165) is 13.1 Å². The monoisotopic (exact) mass is 322 g/mol. The lowest BCUT2D eigenvalue weighted by atomic mass is 10.0. The first-order valence-electron chi connectivity index (χ1n) is 9.36. The van der Waals surface area contributed by atoms with Gasteiger partial charge < -0.3 is 4.90 Å². The van der Waals surface area contributed by atoms with Crippen LogP contribution in [0.5, 0.6) is 0 Å². The van der Waals surface area contributed by atoms with Crippen molar-refractivity contribution < 1.29 is 0 Å². The van der Waals surface area contributed by atoms with Crippen LogP contribution >= 0.6 is 0 Å². The van der Waals surface area contributed by atoms with Gasteiger partial charge in [-0.15, -0.1) is 0 Å². The number of piperidine rings is 1. The van der Waals surface area contributed by atoms with Crippen LogP contribution in [0.15, 0.2) is 54.6 Å². The second kappa shape index (κ2) is 8.34. The maximum absolute atomic E-state index is 2.64. The van der Waals surface area contributed by atoms with E-state index < -0.39 is 0 Å². The quantitative estimate of drug-likeness (QED) is 0.748. The molecule has 1 saturated heterocycles. The SMILES string of the molecule is CCCN(c1ccc(C)cc1)C1CCN(Cc2ccccc2)CC1. The maximum Gasteiger partial charge on any atom is 0.0368 e. The van der Waals surface area contributed by atoms with Crippen LogP contribution in [0.1, 0.15) is 37.3 Å². The van der Waals surface area contributed by atoms with Crippen molar-refractivity contribution in [3.05, 3.63) is 65.7 Å². The van der Waals surface area contributed by atoms with Crippen molar-refractivity contribution in [1.29, 1.82) is 0 Å². The molecule has 128 valence electrons. The van der Waals surface area contributed by atoms with Crippen LogP contribution in [0.2, 0.25) is 0 Å². The van der Waals surface area contributed by atoms with Crippen molar-refractivity contribution >= 4 is 5.69 Å². The highest BCUT2D eigenvalue weighted by molar-refractivity contribution is 5.48. The van der Waals surface area contributed by atoms with Gasteiger partial charge in [-0.1, -0.05) is 55.0 Å². The van der Waals surface area contributed by atoms with Gasteiger partial charge in [0.1, 0.15) is 0 Å². The number of hydrogen-bond acceptors (Lipinski definition) is 2. The van der Waals surface area contributed by atoms with Crippen LogP contribution < -0.4 is 4.90 Å². The van der Waals surface area contributed by atoms with Crippen molar-refractivity contribution in [3.63, 3.8) is 0 Å². The zero-order valence-electron chi connectivity index (χ0n) is 15.1. The van der Waals surface area contributed by atoms with Gasteiger partial charge in [0.25, 0.3) is 0 Å². The molecule has 0 amide bonds. The maximum atomic E-state index is 2.64. The first-order valence-corrected chi connectivity index (χ1v) is 9.36. The van der Waals surface area contributed by atoms with Crippen LogP contribution in [0.3, 0.4) is 0 Å². The van der Waals surface area contributed by atoms with Gasteiger partial charge in [-0.05, 0) is 43.9 Å². The number of rotatable bonds is 6. The van der Waals surface area contributed by atoms with Crippen LogP contribution in [-0.2, 0) is 6.54 Å². The number of nitrogens with zero attached hydrogens (tertiary/aromatic N) is 2. The van der Waals surface area contributed by atoms with Crippen molar-refractivity contribution in [3.8, 4) is 0 Å². The summed E-state index contributed by atoms with van der Waals surface area (Å²) in [5.74, 6) is 0. The Kier molecular flexibility index (Phi) is 5.92. The number of hydrogen-bond donors (Lipinski definition) is 0. The second-order valence-corrected chi connectivity index (χ2v) is 7.02. The number of benzene rings is 2. The second-order valence-electron chi connectivity index (χ2n) is 7.02. The highest BCUT2D eigenvalue weighted by Crippen LogP contribution is 2.25. The van der Waals surface area contributed by atoms with Gasteiger partial charge in [-0.2, -0.15) is 0 Å². The molecule has 1 aliphatic heterocycles. The molecule has 0 bridgehead atoms. The summed E-state index contributed by atoms with van der Waals surface area (Å²) in [4.78, 5) is 5.24. The summed E-state index contributed by atoms with van der Waals surface area (Å²) in [6.07, 6.45) is 3.74. The molecule has 2 nitrogen and oxygen atoms in total. The van der Waals surface area contributed by atoms with E-state index in [9.17, 15) is 0 Å². The molecule has 1 heterocycles. The lowest BCUT2D eigenvalue weighted by Crippen LogP contribution is -2.45. The standard InChI is InChI=1S/C22H30N2/c1-3-15-24(21-11-9-19(2)10-12-21)22-13-16-23(17-14-22)18-20-7-5-4-6-8-20/h4-12,22H,3,13-18H2,1-2H3. The fourth-order valence-electron chi connectivity index (χ4n) is 3.73. The van der Waals surface area contributed by atoms with Gasteiger partial charge >= 0.3 is 0 Å². The van der Waals surface area contributed by atoms with Gasteiger partial charge in [0.05, 0.1) is 0 Å². The number of likely N-dealkylation sites (tertiary alicyclic amines) is 1. The summed E-state index contributed by atoms with van der Waals surface area (Å²) in [6.45, 7) is 9.09. The molecule has 1 aliphatic rings. The summed E-state index contributed by atoms with van der Waals surface area (Å²) < 4.78 is 0. The summed E-state index contributed by atoms with van der Waals surface area (Å²) in [6, 6.07) is 20.6. The predicted octanol–water partition coefficient (Wildman–Crippen LogP) is 4.88. The molecule has 2 heteroatoms. The van der Waals surface area contributed by atoms with E-state index in [0.29, 0.717) is 6.04 Å². The number of aryl methyl sites for hydroxylation is 1. The average molecular weight is 322 g/mol. The zero-order chi connectivity index (χ0) is 16.8. The Labute approximate surface area is 147 Å². The topological polar surface area (TPSA) is 6.48 Å². The minimum absolute atomic E-state index is 0.680. The molecule has 0 aromatic heterocycles. The fraction of sp³-hybridized carbons (Fsp3) is 0.455. The molecule has 2 aromatic rings. The lowest BCUT2D eigenvalue weighted by molar-refractivity contribution is 0.201. The Morgan fingerprint density at radius 2 is 1.62 bits per heavy atom. The first-order chi connectivity index (χ1) is 11.8. The van der Waals surface area contributed by atoms with E-state index >= 15 is 0 Å². The first kappa shape index (κ1) is 17.0. The fourth-order valence-corrected chi connectivity index (χ4v) is 3.73. The Morgan fingerprint density at radius 3 is 2.25 bits per heavy atom. The van der Waals surface area contributed by atoms with Crippen molar-refractivity contribution in [2.24, 2.45) is 0 Å². The summed E-state index contributed by atoms with van der Waals surface area (Å²) in [5, 5.41) is 0. The Hall–Kier alpha value is -1.80. The van der Waals surface area contributed by atoms with E-state index in [1.54, 1.807) is 0 Å². The van der Waals surface area contributed by atoms with Gasteiger partial charge in [0, 0.05) is 37.9 Å². The third-order valence-corrected chi connectivity index (χ3v) is 5.08. The van der Waals surface area contributed by atoms with Gasteiger partial charge in [-0.3, -0.25) is 4.90 Å². The molecular weight excluding hydrogens is 292 g/mol. The van der Waals surface area contributed by atoms with E-state index in [4.69, 9.17) is 0 Å². The molecular formula is C22H30N2. The lowest BCUT2D eigenvalue weighted by Gasteiger charge is -2.40. The van der Waals surface area contributed by atoms with Crippen LogP contribution in [0.25, 0.3) is 0 Å². The van der Waals surface area contributed by atoms with Crippen LogP contribution in [0.4, 0.5) is 5.69 Å². The van der Waals surface area contributed by atoms with Gasteiger partial charge in [-0.25, -0.2) is 0 Å². The van der Waals surface area contributed by atoms with E-state index in [2.05, 4.69) is 78.2 Å². The summed E-state index contributed by atoms with van der Waals surface area (Å²) in [5.41, 5.74) is 4.16. The largest absolute Gasteiger partial charge is 0.368 e. The smallest absolute Gasteiger partial charge is 0.0368 e. The minimum Gasteiger partial charge on any atom is -0.368 e. The summed E-state index contributed by atoms with van der Waals surface area (Å²) >= 11 is 0. The van der Waals surface area contributed by atoms with Crippen molar-refractivity contribution in [1.82, 2.24) is 4.90 Å². The molecule has 0 spiro atoms. The third kappa shape index (κ3) is 4.39. The molecule has 0 radical (unpaired) electrons. The van der Waals surface area contributed by atoms with Crippen molar-refractivity contribution in [2.45, 2.75) is 45.7 Å². The molecule has 2 aromatic carbocycles. The average Bonchev–Trinajstić information content (AvgIpc) is 2.62. The Morgan fingerprint density at radius 1 is 0.958 bits per heavy atom. The van der Waals surface area contributed by atoms with E-state index in [1.807, 2.05) is 0 Å². The highest BCUT2D eigenvalue weighted by atomic mass is 15.2. The Bertz CT molecular complexity index is 598. The van der Waals surface area contributed by atoms with Crippen LogP contribution in [0, 0.1) is 6.92 Å². The molecule has 24 heavy (non-hydrogen) atoms.